The zero-order valence-corrected chi connectivity index (χ0v) is 14.8. The summed E-state index contributed by atoms with van der Waals surface area (Å²) in [6.07, 6.45) is 2.85. The number of benzene rings is 2. The second-order valence-corrected chi connectivity index (χ2v) is 7.73. The molecule has 1 saturated carbocycles. The zero-order chi connectivity index (χ0) is 16.7. The van der Waals surface area contributed by atoms with E-state index in [1.165, 1.54) is 0 Å². The molecule has 1 heterocycles. The van der Waals surface area contributed by atoms with Gasteiger partial charge in [-0.05, 0) is 36.1 Å². The van der Waals surface area contributed by atoms with Gasteiger partial charge in [-0.15, -0.1) is 0 Å². The summed E-state index contributed by atoms with van der Waals surface area (Å²) in [5.41, 5.74) is 2.14. The maximum absolute atomic E-state index is 11.0. The second kappa shape index (κ2) is 6.68. The zero-order valence-electron chi connectivity index (χ0n) is 13.3. The van der Waals surface area contributed by atoms with Crippen molar-refractivity contribution in [2.24, 2.45) is 11.8 Å². The standard InChI is InChI=1S/C20H21Cl2NO/c21-16-10-3-1-6-12(16)18-14-8-5-9-15(20(14)24)19(23-18)13-7-2-4-11-17(13)22/h1-4,6-7,10-11,14-15,18-20,23-24H,5,8-9H2/t14-,15+,18+,19-,20?. The molecule has 1 saturated heterocycles. The lowest BCUT2D eigenvalue weighted by atomic mass is 9.66. The monoisotopic (exact) mass is 361 g/mol. The van der Waals surface area contributed by atoms with Crippen LogP contribution in [0.4, 0.5) is 0 Å². The SMILES string of the molecule is OC1[C@H]2CCC[C@@H]1[C@H](c1ccccc1Cl)N[C@@H]2c1ccccc1Cl. The maximum atomic E-state index is 11.0. The van der Waals surface area contributed by atoms with Crippen LogP contribution in [0.15, 0.2) is 48.5 Å². The van der Waals surface area contributed by atoms with Gasteiger partial charge in [-0.3, -0.25) is 0 Å². The van der Waals surface area contributed by atoms with Gasteiger partial charge in [0, 0.05) is 34.0 Å². The number of fused-ring (bicyclic) bond motifs is 2. The fourth-order valence-electron chi connectivity index (χ4n) is 4.51. The van der Waals surface area contributed by atoms with Crippen molar-refractivity contribution in [3.63, 3.8) is 0 Å². The van der Waals surface area contributed by atoms with Crippen LogP contribution in [0, 0.1) is 11.8 Å². The molecule has 2 aromatic rings. The molecular weight excluding hydrogens is 341 g/mol. The van der Waals surface area contributed by atoms with E-state index in [4.69, 9.17) is 23.2 Å². The molecule has 4 heteroatoms. The van der Waals surface area contributed by atoms with Crippen LogP contribution in [-0.2, 0) is 0 Å². The number of nitrogens with one attached hydrogen (secondary N) is 1. The van der Waals surface area contributed by atoms with Crippen molar-refractivity contribution in [1.82, 2.24) is 5.32 Å². The van der Waals surface area contributed by atoms with E-state index in [9.17, 15) is 5.11 Å². The molecule has 2 N–H and O–H groups in total. The van der Waals surface area contributed by atoms with Crippen molar-refractivity contribution in [3.05, 3.63) is 69.7 Å². The van der Waals surface area contributed by atoms with Gasteiger partial charge >= 0.3 is 0 Å². The molecule has 2 fully saturated rings. The lowest BCUT2D eigenvalue weighted by Crippen LogP contribution is -2.53. The topological polar surface area (TPSA) is 32.3 Å². The van der Waals surface area contributed by atoms with Crippen molar-refractivity contribution in [2.75, 3.05) is 0 Å². The number of aliphatic hydroxyl groups excluding tert-OH is 1. The van der Waals surface area contributed by atoms with Gasteiger partial charge in [0.1, 0.15) is 0 Å². The molecule has 2 aliphatic rings. The van der Waals surface area contributed by atoms with Crippen LogP contribution >= 0.6 is 23.2 Å². The van der Waals surface area contributed by atoms with Crippen molar-refractivity contribution in [3.8, 4) is 0 Å². The lowest BCUT2D eigenvalue weighted by Gasteiger charge is -2.50. The first-order valence-electron chi connectivity index (χ1n) is 8.60. The minimum atomic E-state index is -0.331. The summed E-state index contributed by atoms with van der Waals surface area (Å²) in [7, 11) is 0. The molecule has 1 aliphatic heterocycles. The molecule has 1 aliphatic carbocycles. The second-order valence-electron chi connectivity index (χ2n) is 6.91. The van der Waals surface area contributed by atoms with E-state index in [0.717, 1.165) is 40.4 Å². The molecule has 5 atom stereocenters. The summed E-state index contributed by atoms with van der Waals surface area (Å²) in [4.78, 5) is 0. The van der Waals surface area contributed by atoms with Crippen molar-refractivity contribution in [2.45, 2.75) is 37.5 Å². The summed E-state index contributed by atoms with van der Waals surface area (Å²) in [6.45, 7) is 0. The fourth-order valence-corrected chi connectivity index (χ4v) is 5.02. The highest BCUT2D eigenvalue weighted by atomic mass is 35.5. The normalized spacial score (nSPS) is 32.5. The first-order valence-corrected chi connectivity index (χ1v) is 9.35. The van der Waals surface area contributed by atoms with Crippen LogP contribution in [0.2, 0.25) is 10.0 Å². The molecule has 24 heavy (non-hydrogen) atoms. The highest BCUT2D eigenvalue weighted by Gasteiger charge is 2.47. The third kappa shape index (κ3) is 2.76. The fraction of sp³-hybridized carbons (Fsp3) is 0.400. The van der Waals surface area contributed by atoms with Crippen LogP contribution in [-0.4, -0.2) is 11.2 Å². The number of halogens is 2. The minimum Gasteiger partial charge on any atom is -0.392 e. The summed E-state index contributed by atoms with van der Waals surface area (Å²) < 4.78 is 0. The molecular formula is C20H21Cl2NO. The number of hydrogen-bond acceptors (Lipinski definition) is 2. The molecule has 2 bridgehead atoms. The van der Waals surface area contributed by atoms with Crippen LogP contribution in [0.25, 0.3) is 0 Å². The Balaban J connectivity index is 1.76. The molecule has 126 valence electrons. The van der Waals surface area contributed by atoms with Crippen LogP contribution in [0.5, 0.6) is 0 Å². The van der Waals surface area contributed by atoms with E-state index >= 15 is 0 Å². The summed E-state index contributed by atoms with van der Waals surface area (Å²) in [5.74, 6) is 0.393. The van der Waals surface area contributed by atoms with Crippen LogP contribution in [0.1, 0.15) is 42.5 Å². The Morgan fingerprint density at radius 1 is 0.792 bits per heavy atom. The maximum Gasteiger partial charge on any atom is 0.0632 e. The smallest absolute Gasteiger partial charge is 0.0632 e. The highest BCUT2D eigenvalue weighted by molar-refractivity contribution is 6.31. The predicted molar refractivity (Wildman–Crippen MR) is 98.4 cm³/mol. The molecule has 4 rings (SSSR count). The predicted octanol–water partition coefficient (Wildman–Crippen LogP) is 5.16. The number of rotatable bonds is 2. The summed E-state index contributed by atoms with van der Waals surface area (Å²) >= 11 is 12.9. The Morgan fingerprint density at radius 2 is 1.25 bits per heavy atom. The van der Waals surface area contributed by atoms with E-state index < -0.39 is 0 Å². The Hall–Kier alpha value is -1.06. The van der Waals surface area contributed by atoms with E-state index in [1.807, 2.05) is 36.4 Å². The number of hydrogen-bond donors (Lipinski definition) is 2. The summed E-state index contributed by atoms with van der Waals surface area (Å²) in [5, 5.41) is 16.3. The quantitative estimate of drug-likeness (QED) is 0.774. The molecule has 0 radical (unpaired) electrons. The third-order valence-corrected chi connectivity index (χ3v) is 6.34. The molecule has 2 aromatic carbocycles. The van der Waals surface area contributed by atoms with Gasteiger partial charge in [-0.1, -0.05) is 66.0 Å². The van der Waals surface area contributed by atoms with E-state index in [2.05, 4.69) is 17.4 Å². The molecule has 2 nitrogen and oxygen atoms in total. The van der Waals surface area contributed by atoms with Gasteiger partial charge < -0.3 is 10.4 Å². The Bertz CT molecular complexity index is 676. The van der Waals surface area contributed by atoms with Gasteiger partial charge in [0.2, 0.25) is 0 Å². The van der Waals surface area contributed by atoms with Crippen LogP contribution in [0.3, 0.4) is 0 Å². The average Bonchev–Trinajstić information content (AvgIpc) is 2.57. The first kappa shape index (κ1) is 16.4. The molecule has 0 aromatic heterocycles. The number of aliphatic hydroxyl groups is 1. The molecule has 0 amide bonds. The van der Waals surface area contributed by atoms with Gasteiger partial charge in [0.05, 0.1) is 6.10 Å². The van der Waals surface area contributed by atoms with Crippen molar-refractivity contribution in [1.29, 1.82) is 0 Å². The Kier molecular flexibility index (Phi) is 4.57. The van der Waals surface area contributed by atoms with E-state index in [0.29, 0.717) is 0 Å². The first-order chi connectivity index (χ1) is 11.7. The van der Waals surface area contributed by atoms with E-state index in [-0.39, 0.29) is 30.0 Å². The number of piperidine rings is 1. The highest BCUT2D eigenvalue weighted by Crippen LogP contribution is 2.49. The molecule has 0 spiro atoms. The molecule has 1 unspecified atom stereocenters. The largest absolute Gasteiger partial charge is 0.392 e. The van der Waals surface area contributed by atoms with Crippen LogP contribution < -0.4 is 5.32 Å². The van der Waals surface area contributed by atoms with Crippen molar-refractivity contribution >= 4 is 23.2 Å². The van der Waals surface area contributed by atoms with E-state index in [1.54, 1.807) is 0 Å². The third-order valence-electron chi connectivity index (χ3n) is 5.65. The van der Waals surface area contributed by atoms with Gasteiger partial charge in [-0.2, -0.15) is 0 Å². The Morgan fingerprint density at radius 3 is 1.71 bits per heavy atom. The lowest BCUT2D eigenvalue weighted by molar-refractivity contribution is -0.0516. The Labute approximate surface area is 152 Å². The van der Waals surface area contributed by atoms with Crippen molar-refractivity contribution < 1.29 is 5.11 Å². The van der Waals surface area contributed by atoms with Gasteiger partial charge in [-0.25, -0.2) is 0 Å². The van der Waals surface area contributed by atoms with Gasteiger partial charge in [0.25, 0.3) is 0 Å². The summed E-state index contributed by atoms with van der Waals surface area (Å²) in [6, 6.07) is 16.0. The van der Waals surface area contributed by atoms with Gasteiger partial charge in [0.15, 0.2) is 0 Å². The average molecular weight is 362 g/mol. The minimum absolute atomic E-state index is 0.0477.